The number of rotatable bonds is 12. The third-order valence-corrected chi connectivity index (χ3v) is 7.00. The molecule has 4 rings (SSSR count). The number of carbonyl (C=O) groups excluding carboxylic acids is 1. The monoisotopic (exact) mass is 518 g/mol. The van der Waals surface area contributed by atoms with Crippen molar-refractivity contribution < 1.29 is 14.3 Å². The van der Waals surface area contributed by atoms with Crippen molar-refractivity contribution in [3.63, 3.8) is 0 Å². The predicted octanol–water partition coefficient (Wildman–Crippen LogP) is 6.34. The number of hydrogen-bond donors (Lipinski definition) is 2. The second-order valence-corrected chi connectivity index (χ2v) is 10.4. The van der Waals surface area contributed by atoms with Crippen LogP contribution in [0.4, 0.5) is 10.5 Å². The maximum Gasteiger partial charge on any atom is 0.410 e. The summed E-state index contributed by atoms with van der Waals surface area (Å²) in [5.74, 6) is 1.19. The van der Waals surface area contributed by atoms with Crippen molar-refractivity contribution in [2.75, 3.05) is 45.2 Å². The van der Waals surface area contributed by atoms with Crippen LogP contribution >= 0.6 is 0 Å². The Kier molecular flexibility index (Phi) is 10.2. The fraction of sp³-hybridized carbons (Fsp3) is 0.484. The van der Waals surface area contributed by atoms with Gasteiger partial charge in [0.05, 0.1) is 24.9 Å². The molecule has 0 spiro atoms. The number of ether oxygens (including phenoxy) is 2. The van der Waals surface area contributed by atoms with E-state index in [0.29, 0.717) is 12.5 Å². The third-order valence-electron chi connectivity index (χ3n) is 7.00. The molecule has 7 heteroatoms. The SMILES string of the molecule is COc1ccc(-c2cc(NCCCNCCC3CCCCN3C(=O)OCC(C)C)c3ccccc3n2)cc1. The Morgan fingerprint density at radius 3 is 2.68 bits per heavy atom. The van der Waals surface area contributed by atoms with E-state index in [2.05, 4.69) is 48.7 Å². The summed E-state index contributed by atoms with van der Waals surface area (Å²) in [7, 11) is 1.68. The van der Waals surface area contributed by atoms with Crippen molar-refractivity contribution in [3.05, 3.63) is 54.6 Å². The van der Waals surface area contributed by atoms with Crippen molar-refractivity contribution in [3.8, 4) is 17.0 Å². The summed E-state index contributed by atoms with van der Waals surface area (Å²) < 4.78 is 10.8. The number of amides is 1. The number of para-hydroxylation sites is 1. The van der Waals surface area contributed by atoms with E-state index < -0.39 is 0 Å². The molecule has 0 saturated carbocycles. The molecule has 38 heavy (non-hydrogen) atoms. The molecule has 1 atom stereocenters. The number of aromatic nitrogens is 1. The van der Waals surface area contributed by atoms with Gasteiger partial charge in [-0.05, 0) is 87.5 Å². The number of hydrogen-bond acceptors (Lipinski definition) is 6. The molecule has 1 aromatic heterocycles. The first kappa shape index (κ1) is 27.7. The molecule has 2 aromatic carbocycles. The van der Waals surface area contributed by atoms with Crippen LogP contribution in [0.3, 0.4) is 0 Å². The molecule has 0 aliphatic carbocycles. The molecule has 2 heterocycles. The fourth-order valence-electron chi connectivity index (χ4n) is 4.92. The van der Waals surface area contributed by atoms with E-state index in [4.69, 9.17) is 14.5 Å². The van der Waals surface area contributed by atoms with Gasteiger partial charge in [0.25, 0.3) is 0 Å². The van der Waals surface area contributed by atoms with Gasteiger partial charge in [-0.2, -0.15) is 0 Å². The topological polar surface area (TPSA) is 75.7 Å². The van der Waals surface area contributed by atoms with Gasteiger partial charge in [-0.25, -0.2) is 9.78 Å². The lowest BCUT2D eigenvalue weighted by atomic mass is 10.00. The van der Waals surface area contributed by atoms with Gasteiger partial charge in [-0.1, -0.05) is 32.0 Å². The highest BCUT2D eigenvalue weighted by atomic mass is 16.6. The van der Waals surface area contributed by atoms with Gasteiger partial charge in [0, 0.05) is 35.8 Å². The highest BCUT2D eigenvalue weighted by Crippen LogP contribution is 2.29. The van der Waals surface area contributed by atoms with Crippen LogP contribution in [-0.4, -0.2) is 61.9 Å². The highest BCUT2D eigenvalue weighted by molar-refractivity contribution is 5.93. The molecule has 1 aliphatic rings. The minimum atomic E-state index is -0.147. The van der Waals surface area contributed by atoms with E-state index in [0.717, 1.165) is 85.5 Å². The molecule has 1 fully saturated rings. The van der Waals surface area contributed by atoms with Crippen LogP contribution in [0.1, 0.15) is 46.0 Å². The summed E-state index contributed by atoms with van der Waals surface area (Å²) in [5.41, 5.74) is 4.08. The Bertz CT molecular complexity index is 1170. The van der Waals surface area contributed by atoms with Gasteiger partial charge in [0.15, 0.2) is 0 Å². The van der Waals surface area contributed by atoms with Crippen LogP contribution in [0.25, 0.3) is 22.2 Å². The number of anilines is 1. The zero-order chi connectivity index (χ0) is 26.7. The van der Waals surface area contributed by atoms with E-state index in [-0.39, 0.29) is 12.1 Å². The Hall–Kier alpha value is -3.32. The Morgan fingerprint density at radius 1 is 1.08 bits per heavy atom. The zero-order valence-corrected chi connectivity index (χ0v) is 23.0. The lowest BCUT2D eigenvalue weighted by molar-refractivity contribution is 0.0635. The molecule has 1 amide bonds. The van der Waals surface area contributed by atoms with E-state index in [9.17, 15) is 4.79 Å². The van der Waals surface area contributed by atoms with Crippen molar-refractivity contribution in [2.24, 2.45) is 5.92 Å². The first-order chi connectivity index (χ1) is 18.5. The smallest absolute Gasteiger partial charge is 0.410 e. The van der Waals surface area contributed by atoms with Gasteiger partial charge in [-0.3, -0.25) is 0 Å². The Labute approximate surface area is 226 Å². The van der Waals surface area contributed by atoms with E-state index >= 15 is 0 Å². The minimum absolute atomic E-state index is 0.147. The predicted molar refractivity (Wildman–Crippen MR) is 155 cm³/mol. The first-order valence-corrected chi connectivity index (χ1v) is 14.0. The van der Waals surface area contributed by atoms with Crippen molar-refractivity contribution in [2.45, 2.75) is 52.0 Å². The number of nitrogens with zero attached hydrogens (tertiary/aromatic N) is 2. The minimum Gasteiger partial charge on any atom is -0.497 e. The average molecular weight is 519 g/mol. The molecule has 1 saturated heterocycles. The maximum atomic E-state index is 12.5. The Balaban J connectivity index is 1.25. The summed E-state index contributed by atoms with van der Waals surface area (Å²) in [6, 6.07) is 18.7. The molecule has 2 N–H and O–H groups in total. The third kappa shape index (κ3) is 7.60. The van der Waals surface area contributed by atoms with E-state index in [1.807, 2.05) is 35.2 Å². The summed E-state index contributed by atoms with van der Waals surface area (Å²) >= 11 is 0. The van der Waals surface area contributed by atoms with Gasteiger partial charge in [0.1, 0.15) is 5.75 Å². The summed E-state index contributed by atoms with van der Waals surface area (Å²) in [4.78, 5) is 19.4. The molecule has 0 bridgehead atoms. The zero-order valence-electron chi connectivity index (χ0n) is 23.0. The number of fused-ring (bicyclic) bond motifs is 1. The largest absolute Gasteiger partial charge is 0.497 e. The van der Waals surface area contributed by atoms with Crippen LogP contribution in [0.5, 0.6) is 5.75 Å². The van der Waals surface area contributed by atoms with Crippen LogP contribution in [-0.2, 0) is 4.74 Å². The second-order valence-electron chi connectivity index (χ2n) is 10.4. The second kappa shape index (κ2) is 14.0. The van der Waals surface area contributed by atoms with Gasteiger partial charge in [-0.15, -0.1) is 0 Å². The molecule has 204 valence electrons. The van der Waals surface area contributed by atoms with Crippen LogP contribution in [0.15, 0.2) is 54.6 Å². The number of piperidine rings is 1. The van der Waals surface area contributed by atoms with Crippen molar-refractivity contribution >= 4 is 22.7 Å². The average Bonchev–Trinajstić information content (AvgIpc) is 2.95. The molecule has 1 aliphatic heterocycles. The fourth-order valence-corrected chi connectivity index (χ4v) is 4.92. The van der Waals surface area contributed by atoms with Crippen LogP contribution in [0, 0.1) is 5.92 Å². The standard InChI is InChI=1S/C31H42N4O3/c1-23(2)22-38-31(36)35-20-7-6-9-25(35)16-19-32-17-8-18-33-30-21-29(24-12-14-26(37-3)15-13-24)34-28-11-5-4-10-27(28)30/h4-5,10-15,21,23,25,32H,6-9,16-20,22H2,1-3H3,(H,33,34). The quantitative estimate of drug-likeness (QED) is 0.273. The van der Waals surface area contributed by atoms with E-state index in [1.54, 1.807) is 7.11 Å². The highest BCUT2D eigenvalue weighted by Gasteiger charge is 2.27. The van der Waals surface area contributed by atoms with Gasteiger partial charge in [0.2, 0.25) is 0 Å². The van der Waals surface area contributed by atoms with Crippen LogP contribution in [0.2, 0.25) is 0 Å². The van der Waals surface area contributed by atoms with Crippen molar-refractivity contribution in [1.82, 2.24) is 15.2 Å². The lowest BCUT2D eigenvalue weighted by Gasteiger charge is -2.35. The summed E-state index contributed by atoms with van der Waals surface area (Å²) in [6.07, 6.45) is 5.12. The molecule has 1 unspecified atom stereocenters. The number of benzene rings is 2. The number of pyridine rings is 1. The number of nitrogens with one attached hydrogen (secondary N) is 2. The van der Waals surface area contributed by atoms with Crippen LogP contribution < -0.4 is 15.4 Å². The molecular formula is C31H42N4O3. The number of methoxy groups -OCH3 is 1. The summed E-state index contributed by atoms with van der Waals surface area (Å²) in [6.45, 7) is 8.11. The first-order valence-electron chi connectivity index (χ1n) is 14.0. The van der Waals surface area contributed by atoms with E-state index in [1.165, 1.54) is 6.42 Å². The number of carbonyl (C=O) groups is 1. The van der Waals surface area contributed by atoms with Gasteiger partial charge >= 0.3 is 6.09 Å². The molecule has 0 radical (unpaired) electrons. The van der Waals surface area contributed by atoms with Crippen molar-refractivity contribution in [1.29, 1.82) is 0 Å². The molecular weight excluding hydrogens is 476 g/mol. The summed E-state index contributed by atoms with van der Waals surface area (Å²) in [5, 5.41) is 8.33. The molecule has 3 aromatic rings. The Morgan fingerprint density at radius 2 is 1.89 bits per heavy atom. The lowest BCUT2D eigenvalue weighted by Crippen LogP contribution is -2.45. The maximum absolute atomic E-state index is 12.5. The number of likely N-dealkylation sites (tertiary alicyclic amines) is 1. The van der Waals surface area contributed by atoms with Gasteiger partial charge < -0.3 is 25.0 Å². The molecule has 7 nitrogen and oxygen atoms in total. The normalized spacial score (nSPS) is 15.6.